The molecule has 0 atom stereocenters. The van der Waals surface area contributed by atoms with Crippen molar-refractivity contribution in [3.8, 4) is 0 Å². The van der Waals surface area contributed by atoms with Crippen LogP contribution in [0.2, 0.25) is 0 Å². The molecule has 0 unspecified atom stereocenters. The number of ketones is 1. The lowest BCUT2D eigenvalue weighted by molar-refractivity contribution is -0.138. The number of hydrogen-bond donors (Lipinski definition) is 0. The van der Waals surface area contributed by atoms with Gasteiger partial charge in [0.15, 0.2) is 5.78 Å². The molecular formula is C18H16O3. The van der Waals surface area contributed by atoms with Gasteiger partial charge in [0.2, 0.25) is 0 Å². The molecule has 0 aliphatic rings. The van der Waals surface area contributed by atoms with Crippen molar-refractivity contribution < 1.29 is 14.3 Å². The summed E-state index contributed by atoms with van der Waals surface area (Å²) >= 11 is 0. The molecule has 3 heteroatoms. The standard InChI is InChI=1S/C18H16O3/c1-14(12-17(19)16-10-6-3-7-11-16)21-18(20)13-15-8-4-2-5-9-15/h2-12H,13H2,1H3. The molecule has 0 bridgehead atoms. The third kappa shape index (κ3) is 4.73. The van der Waals surface area contributed by atoms with Gasteiger partial charge in [0.05, 0.1) is 6.42 Å². The average molecular weight is 280 g/mol. The van der Waals surface area contributed by atoms with Gasteiger partial charge in [0, 0.05) is 11.6 Å². The molecule has 2 aromatic carbocycles. The van der Waals surface area contributed by atoms with Gasteiger partial charge in [-0.25, -0.2) is 0 Å². The molecule has 0 spiro atoms. The number of carbonyl (C=O) groups excluding carboxylic acids is 2. The van der Waals surface area contributed by atoms with Crippen molar-refractivity contribution in [2.75, 3.05) is 0 Å². The molecule has 21 heavy (non-hydrogen) atoms. The molecular weight excluding hydrogens is 264 g/mol. The Morgan fingerprint density at radius 1 is 0.952 bits per heavy atom. The third-order valence-electron chi connectivity index (χ3n) is 2.86. The molecule has 3 nitrogen and oxygen atoms in total. The van der Waals surface area contributed by atoms with E-state index in [-0.39, 0.29) is 18.2 Å². The normalized spacial score (nSPS) is 11.0. The van der Waals surface area contributed by atoms with Gasteiger partial charge in [0.25, 0.3) is 0 Å². The molecule has 0 amide bonds. The molecule has 0 aliphatic heterocycles. The lowest BCUT2D eigenvalue weighted by atomic mass is 10.1. The first-order chi connectivity index (χ1) is 10.1. The summed E-state index contributed by atoms with van der Waals surface area (Å²) in [5.74, 6) is -0.263. The first-order valence-corrected chi connectivity index (χ1v) is 6.67. The fourth-order valence-corrected chi connectivity index (χ4v) is 1.88. The Morgan fingerprint density at radius 3 is 2.14 bits per heavy atom. The number of ether oxygens (including phenoxy) is 1. The Bertz CT molecular complexity index is 643. The van der Waals surface area contributed by atoms with Crippen LogP contribution in [0.4, 0.5) is 0 Å². The molecule has 0 saturated heterocycles. The highest BCUT2D eigenvalue weighted by Gasteiger charge is 2.08. The summed E-state index contributed by atoms with van der Waals surface area (Å²) in [7, 11) is 0. The van der Waals surface area contributed by atoms with Gasteiger partial charge >= 0.3 is 5.97 Å². The Balaban J connectivity index is 1.94. The van der Waals surface area contributed by atoms with Crippen LogP contribution in [0.3, 0.4) is 0 Å². The second-order valence-electron chi connectivity index (χ2n) is 4.62. The van der Waals surface area contributed by atoms with Gasteiger partial charge in [-0.1, -0.05) is 60.7 Å². The minimum absolute atomic E-state index is 0.180. The van der Waals surface area contributed by atoms with E-state index in [4.69, 9.17) is 4.74 Å². The van der Waals surface area contributed by atoms with Crippen LogP contribution in [-0.4, -0.2) is 11.8 Å². The predicted molar refractivity (Wildman–Crippen MR) is 80.8 cm³/mol. The maximum Gasteiger partial charge on any atom is 0.315 e. The van der Waals surface area contributed by atoms with E-state index in [1.807, 2.05) is 36.4 Å². The van der Waals surface area contributed by atoms with Crippen molar-refractivity contribution in [1.82, 2.24) is 0 Å². The van der Waals surface area contributed by atoms with Crippen LogP contribution in [0, 0.1) is 0 Å². The van der Waals surface area contributed by atoms with Gasteiger partial charge in [-0.15, -0.1) is 0 Å². The summed E-state index contributed by atoms with van der Waals surface area (Å²) in [4.78, 5) is 23.7. The van der Waals surface area contributed by atoms with Gasteiger partial charge in [-0.2, -0.15) is 0 Å². The summed E-state index contributed by atoms with van der Waals surface area (Å²) in [5.41, 5.74) is 1.45. The third-order valence-corrected chi connectivity index (χ3v) is 2.86. The van der Waals surface area contributed by atoms with Crippen LogP contribution in [0.5, 0.6) is 0 Å². The van der Waals surface area contributed by atoms with E-state index in [1.54, 1.807) is 31.2 Å². The Morgan fingerprint density at radius 2 is 1.52 bits per heavy atom. The largest absolute Gasteiger partial charge is 0.431 e. The summed E-state index contributed by atoms with van der Waals surface area (Å²) in [6, 6.07) is 18.2. The zero-order valence-electron chi connectivity index (χ0n) is 11.8. The molecule has 0 aliphatic carbocycles. The second-order valence-corrected chi connectivity index (χ2v) is 4.62. The molecule has 0 aromatic heterocycles. The van der Waals surface area contributed by atoms with E-state index >= 15 is 0 Å². The average Bonchev–Trinajstić information content (AvgIpc) is 2.48. The number of esters is 1. The van der Waals surface area contributed by atoms with Gasteiger partial charge in [-0.3, -0.25) is 9.59 Å². The highest BCUT2D eigenvalue weighted by atomic mass is 16.5. The van der Waals surface area contributed by atoms with E-state index in [1.165, 1.54) is 6.08 Å². The van der Waals surface area contributed by atoms with Crippen LogP contribution >= 0.6 is 0 Å². The molecule has 2 aromatic rings. The summed E-state index contributed by atoms with van der Waals surface area (Å²) in [5, 5.41) is 0. The maximum absolute atomic E-state index is 11.9. The van der Waals surface area contributed by atoms with E-state index in [0.29, 0.717) is 11.3 Å². The number of hydrogen-bond acceptors (Lipinski definition) is 3. The van der Waals surface area contributed by atoms with Crippen molar-refractivity contribution in [3.05, 3.63) is 83.6 Å². The predicted octanol–water partition coefficient (Wildman–Crippen LogP) is 3.56. The molecule has 2 rings (SSSR count). The van der Waals surface area contributed by atoms with Crippen LogP contribution in [-0.2, 0) is 16.0 Å². The molecule has 0 heterocycles. The van der Waals surface area contributed by atoms with Gasteiger partial charge < -0.3 is 4.74 Å². The minimum Gasteiger partial charge on any atom is -0.431 e. The molecule has 0 saturated carbocycles. The number of carbonyl (C=O) groups is 2. The zero-order chi connectivity index (χ0) is 15.1. The lowest BCUT2D eigenvalue weighted by Gasteiger charge is -2.04. The summed E-state index contributed by atoms with van der Waals surface area (Å²) in [6.07, 6.45) is 1.52. The smallest absolute Gasteiger partial charge is 0.315 e. The molecule has 106 valence electrons. The minimum atomic E-state index is -0.379. The van der Waals surface area contributed by atoms with E-state index in [2.05, 4.69) is 0 Å². The summed E-state index contributed by atoms with van der Waals surface area (Å²) in [6.45, 7) is 1.60. The van der Waals surface area contributed by atoms with Crippen molar-refractivity contribution in [2.45, 2.75) is 13.3 Å². The van der Waals surface area contributed by atoms with E-state index < -0.39 is 0 Å². The summed E-state index contributed by atoms with van der Waals surface area (Å²) < 4.78 is 5.15. The van der Waals surface area contributed by atoms with Crippen molar-refractivity contribution >= 4 is 11.8 Å². The number of allylic oxidation sites excluding steroid dienone is 2. The SMILES string of the molecule is CC(=CC(=O)c1ccccc1)OC(=O)Cc1ccccc1. The van der Waals surface area contributed by atoms with Gasteiger partial charge in [0.1, 0.15) is 5.76 Å². The van der Waals surface area contributed by atoms with E-state index in [9.17, 15) is 9.59 Å². The first-order valence-electron chi connectivity index (χ1n) is 6.67. The van der Waals surface area contributed by atoms with Crippen LogP contribution in [0.1, 0.15) is 22.8 Å². The van der Waals surface area contributed by atoms with E-state index in [0.717, 1.165) is 5.56 Å². The Hall–Kier alpha value is -2.68. The number of benzene rings is 2. The Labute approximate surface area is 123 Å². The molecule has 0 N–H and O–H groups in total. The Kier molecular flexibility index (Phi) is 5.04. The quantitative estimate of drug-likeness (QED) is 0.364. The van der Waals surface area contributed by atoms with Gasteiger partial charge in [-0.05, 0) is 12.5 Å². The second kappa shape index (κ2) is 7.20. The van der Waals surface area contributed by atoms with Crippen LogP contribution in [0.25, 0.3) is 0 Å². The fourth-order valence-electron chi connectivity index (χ4n) is 1.88. The first kappa shape index (κ1) is 14.7. The molecule has 0 fully saturated rings. The topological polar surface area (TPSA) is 43.4 Å². The monoisotopic (exact) mass is 280 g/mol. The van der Waals surface area contributed by atoms with Crippen LogP contribution < -0.4 is 0 Å². The number of rotatable bonds is 5. The zero-order valence-corrected chi connectivity index (χ0v) is 11.8. The fraction of sp³-hybridized carbons (Fsp3) is 0.111. The maximum atomic E-state index is 11.9. The van der Waals surface area contributed by atoms with Crippen molar-refractivity contribution in [1.29, 1.82) is 0 Å². The molecule has 0 radical (unpaired) electrons. The van der Waals surface area contributed by atoms with Crippen molar-refractivity contribution in [2.24, 2.45) is 0 Å². The highest BCUT2D eigenvalue weighted by Crippen LogP contribution is 2.07. The van der Waals surface area contributed by atoms with Crippen molar-refractivity contribution in [3.63, 3.8) is 0 Å². The highest BCUT2D eigenvalue weighted by molar-refractivity contribution is 6.04. The lowest BCUT2D eigenvalue weighted by Crippen LogP contribution is -2.07. The van der Waals surface area contributed by atoms with Crippen LogP contribution in [0.15, 0.2) is 72.5 Å².